The fourth-order valence-electron chi connectivity index (χ4n) is 3.38. The molecule has 1 amide bonds. The largest absolute Gasteiger partial charge is 0.364 e. The smallest absolute Gasteiger partial charge is 0.244 e. The lowest BCUT2D eigenvalue weighted by atomic mass is 9.90. The third-order valence-corrected chi connectivity index (χ3v) is 4.38. The van der Waals surface area contributed by atoms with Crippen LogP contribution in [-0.4, -0.2) is 42.4 Å². The van der Waals surface area contributed by atoms with Gasteiger partial charge < -0.3 is 10.2 Å². The summed E-state index contributed by atoms with van der Waals surface area (Å²) in [7, 11) is 3.85. The van der Waals surface area contributed by atoms with Gasteiger partial charge in [-0.1, -0.05) is 30.3 Å². The predicted molar refractivity (Wildman–Crippen MR) is 83.2 cm³/mol. The van der Waals surface area contributed by atoms with E-state index in [1.807, 2.05) is 37.2 Å². The Labute approximate surface area is 130 Å². The lowest BCUT2D eigenvalue weighted by Gasteiger charge is -2.35. The molecule has 114 valence electrons. The summed E-state index contributed by atoms with van der Waals surface area (Å²) in [6.45, 7) is 1.64. The fourth-order valence-corrected chi connectivity index (χ4v) is 3.38. The second-order valence-corrected chi connectivity index (χ2v) is 6.02. The highest BCUT2D eigenvalue weighted by atomic mass is 16.2. The summed E-state index contributed by atoms with van der Waals surface area (Å²) in [6.07, 6.45) is 0.892. The van der Waals surface area contributed by atoms with Gasteiger partial charge in [-0.25, -0.2) is 0 Å². The van der Waals surface area contributed by atoms with Gasteiger partial charge in [0.05, 0.1) is 12.1 Å². The molecule has 1 fully saturated rings. The second kappa shape index (κ2) is 5.82. The van der Waals surface area contributed by atoms with E-state index < -0.39 is 5.92 Å². The van der Waals surface area contributed by atoms with Crippen molar-refractivity contribution in [3.8, 4) is 6.07 Å². The molecule has 0 saturated carbocycles. The summed E-state index contributed by atoms with van der Waals surface area (Å²) in [5, 5.41) is 12.3. The predicted octanol–water partition coefficient (Wildman–Crippen LogP) is 1.30. The Morgan fingerprint density at radius 2 is 2.09 bits per heavy atom. The van der Waals surface area contributed by atoms with Crippen molar-refractivity contribution in [3.63, 3.8) is 0 Å². The van der Waals surface area contributed by atoms with Crippen molar-refractivity contribution in [2.45, 2.75) is 19.0 Å². The van der Waals surface area contributed by atoms with Crippen molar-refractivity contribution >= 4 is 5.91 Å². The van der Waals surface area contributed by atoms with E-state index in [-0.39, 0.29) is 11.9 Å². The molecule has 2 aliphatic rings. The highest BCUT2D eigenvalue weighted by Gasteiger charge is 2.44. The van der Waals surface area contributed by atoms with Gasteiger partial charge in [-0.3, -0.25) is 9.69 Å². The number of fused-ring (bicyclic) bond motifs is 1. The van der Waals surface area contributed by atoms with Gasteiger partial charge in [0, 0.05) is 27.2 Å². The number of rotatable bonds is 3. The molecule has 0 bridgehead atoms. The van der Waals surface area contributed by atoms with Crippen LogP contribution in [-0.2, 0) is 11.3 Å². The summed E-state index contributed by atoms with van der Waals surface area (Å²) in [5.41, 5.74) is 2.38. The first-order valence-electron chi connectivity index (χ1n) is 7.50. The van der Waals surface area contributed by atoms with Gasteiger partial charge in [-0.2, -0.15) is 5.26 Å². The minimum Gasteiger partial charge on any atom is -0.364 e. The standard InChI is InChI=1S/C17H20N4O/c1-20(2)16-13-8-9-21(11-12-6-4-3-5-7-12)15(13)14(10-18)17(22)19-16/h3-7,14-15H,8-9,11H2,1-2H3,(H,19,22)/t14-,15+/m1/s1. The van der Waals surface area contributed by atoms with Crippen LogP contribution in [0.1, 0.15) is 12.0 Å². The average Bonchev–Trinajstić information content (AvgIpc) is 2.91. The number of nitrogens with one attached hydrogen (secondary N) is 1. The third-order valence-electron chi connectivity index (χ3n) is 4.38. The van der Waals surface area contributed by atoms with Crippen LogP contribution in [0.3, 0.4) is 0 Å². The molecule has 0 unspecified atom stereocenters. The maximum atomic E-state index is 12.3. The number of carbonyl (C=O) groups is 1. The Morgan fingerprint density at radius 1 is 1.36 bits per heavy atom. The zero-order valence-corrected chi connectivity index (χ0v) is 12.9. The highest BCUT2D eigenvalue weighted by molar-refractivity contribution is 5.85. The van der Waals surface area contributed by atoms with E-state index in [0.717, 1.165) is 25.3 Å². The van der Waals surface area contributed by atoms with Gasteiger partial charge >= 0.3 is 0 Å². The van der Waals surface area contributed by atoms with E-state index in [0.29, 0.717) is 0 Å². The Bertz CT molecular complexity index is 644. The molecule has 0 aliphatic carbocycles. The van der Waals surface area contributed by atoms with Crippen LogP contribution in [0, 0.1) is 17.2 Å². The van der Waals surface area contributed by atoms with E-state index in [9.17, 15) is 10.1 Å². The normalized spacial score (nSPS) is 24.7. The summed E-state index contributed by atoms with van der Waals surface area (Å²) in [6, 6.07) is 12.3. The number of benzene rings is 1. The molecule has 1 saturated heterocycles. The Hall–Kier alpha value is -2.32. The third kappa shape index (κ3) is 2.46. The number of amides is 1. The van der Waals surface area contributed by atoms with E-state index >= 15 is 0 Å². The molecule has 1 aromatic rings. The maximum Gasteiger partial charge on any atom is 0.244 e. The number of nitrogens with zero attached hydrogens (tertiary/aromatic N) is 3. The molecular weight excluding hydrogens is 276 g/mol. The van der Waals surface area contributed by atoms with Gasteiger partial charge in [0.2, 0.25) is 5.91 Å². The van der Waals surface area contributed by atoms with Crippen molar-refractivity contribution in [2.75, 3.05) is 20.6 Å². The molecule has 1 N–H and O–H groups in total. The van der Waals surface area contributed by atoms with Crippen molar-refractivity contribution < 1.29 is 4.79 Å². The van der Waals surface area contributed by atoms with E-state index in [1.165, 1.54) is 11.1 Å². The van der Waals surface area contributed by atoms with Crippen LogP contribution < -0.4 is 5.32 Å². The SMILES string of the molecule is CN(C)C1=C2CCN(Cc3ccccc3)[C@@H]2[C@@H](C#N)C(=O)N1. The fraction of sp³-hybridized carbons (Fsp3) is 0.412. The highest BCUT2D eigenvalue weighted by Crippen LogP contribution is 2.35. The molecule has 0 radical (unpaired) electrons. The number of likely N-dealkylation sites (tertiary alicyclic amines) is 1. The average molecular weight is 296 g/mol. The van der Waals surface area contributed by atoms with Gasteiger partial charge in [-0.05, 0) is 17.6 Å². The van der Waals surface area contributed by atoms with Crippen LogP contribution >= 0.6 is 0 Å². The van der Waals surface area contributed by atoms with Gasteiger partial charge in [0.25, 0.3) is 0 Å². The second-order valence-electron chi connectivity index (χ2n) is 6.02. The Balaban J connectivity index is 1.94. The van der Waals surface area contributed by atoms with Crippen LogP contribution in [0.2, 0.25) is 0 Å². The van der Waals surface area contributed by atoms with Crippen LogP contribution in [0.25, 0.3) is 0 Å². The monoisotopic (exact) mass is 296 g/mol. The molecule has 2 atom stereocenters. The quantitative estimate of drug-likeness (QED) is 0.913. The van der Waals surface area contributed by atoms with Gasteiger partial charge in [0.15, 0.2) is 0 Å². The molecule has 2 aliphatic heterocycles. The molecule has 3 rings (SSSR count). The number of hydrogen-bond donors (Lipinski definition) is 1. The van der Waals surface area contributed by atoms with Crippen LogP contribution in [0.4, 0.5) is 0 Å². The summed E-state index contributed by atoms with van der Waals surface area (Å²) < 4.78 is 0. The lowest BCUT2D eigenvalue weighted by Crippen LogP contribution is -2.50. The number of hydrogen-bond acceptors (Lipinski definition) is 4. The van der Waals surface area contributed by atoms with Crippen molar-refractivity contribution in [1.82, 2.24) is 15.1 Å². The Morgan fingerprint density at radius 3 is 2.73 bits per heavy atom. The Kier molecular flexibility index (Phi) is 3.86. The molecule has 5 nitrogen and oxygen atoms in total. The van der Waals surface area contributed by atoms with E-state index in [4.69, 9.17) is 0 Å². The number of nitriles is 1. The minimum atomic E-state index is -0.634. The lowest BCUT2D eigenvalue weighted by molar-refractivity contribution is -0.125. The minimum absolute atomic E-state index is 0.114. The molecule has 1 aromatic carbocycles. The van der Waals surface area contributed by atoms with Crippen molar-refractivity contribution in [3.05, 3.63) is 47.3 Å². The molecule has 0 spiro atoms. The summed E-state index contributed by atoms with van der Waals surface area (Å²) in [4.78, 5) is 16.4. The zero-order chi connectivity index (χ0) is 15.7. The van der Waals surface area contributed by atoms with Gasteiger partial charge in [0.1, 0.15) is 11.7 Å². The molecule has 0 aromatic heterocycles. The van der Waals surface area contributed by atoms with Gasteiger partial charge in [-0.15, -0.1) is 0 Å². The molecule has 5 heteroatoms. The van der Waals surface area contributed by atoms with Crippen LogP contribution in [0.15, 0.2) is 41.7 Å². The van der Waals surface area contributed by atoms with Crippen molar-refractivity contribution in [2.24, 2.45) is 5.92 Å². The van der Waals surface area contributed by atoms with Crippen LogP contribution in [0.5, 0.6) is 0 Å². The maximum absolute atomic E-state index is 12.3. The first kappa shape index (κ1) is 14.6. The topological polar surface area (TPSA) is 59.4 Å². The summed E-state index contributed by atoms with van der Waals surface area (Å²) >= 11 is 0. The number of carbonyl (C=O) groups excluding carboxylic acids is 1. The van der Waals surface area contributed by atoms with E-state index in [1.54, 1.807) is 0 Å². The summed E-state index contributed by atoms with van der Waals surface area (Å²) in [5.74, 6) is 0.0295. The molecule has 2 heterocycles. The van der Waals surface area contributed by atoms with E-state index in [2.05, 4.69) is 28.4 Å². The van der Waals surface area contributed by atoms with Crippen molar-refractivity contribution in [1.29, 1.82) is 5.26 Å². The molecular formula is C17H20N4O. The zero-order valence-electron chi connectivity index (χ0n) is 12.9. The first-order chi connectivity index (χ1) is 10.6. The molecule has 22 heavy (non-hydrogen) atoms. The first-order valence-corrected chi connectivity index (χ1v) is 7.50.